The molecular weight excluding hydrogens is 430 g/mol. The van der Waals surface area contributed by atoms with Gasteiger partial charge < -0.3 is 14.8 Å². The average Bonchev–Trinajstić information content (AvgIpc) is 3.57. The van der Waals surface area contributed by atoms with E-state index >= 15 is 0 Å². The van der Waals surface area contributed by atoms with Gasteiger partial charge in [-0.05, 0) is 67.1 Å². The van der Waals surface area contributed by atoms with E-state index in [9.17, 15) is 4.79 Å². The summed E-state index contributed by atoms with van der Waals surface area (Å²) in [6.45, 7) is 4.92. The molecule has 3 heterocycles. The van der Waals surface area contributed by atoms with Gasteiger partial charge in [0.1, 0.15) is 0 Å². The third-order valence-electron chi connectivity index (χ3n) is 8.13. The van der Waals surface area contributed by atoms with Gasteiger partial charge in [0.05, 0.1) is 0 Å². The molecule has 2 fully saturated rings. The summed E-state index contributed by atoms with van der Waals surface area (Å²) in [6, 6.07) is 29.8. The Balaban J connectivity index is 1.18. The molecule has 35 heavy (non-hydrogen) atoms. The van der Waals surface area contributed by atoms with Crippen molar-refractivity contribution in [3.8, 4) is 0 Å². The molecule has 0 radical (unpaired) electrons. The van der Waals surface area contributed by atoms with Crippen molar-refractivity contribution in [2.75, 3.05) is 32.7 Å². The fraction of sp³-hybridized carbons (Fsp3) is 0.323. The fourth-order valence-corrected chi connectivity index (χ4v) is 6.25. The van der Waals surface area contributed by atoms with E-state index in [4.69, 9.17) is 0 Å². The lowest BCUT2D eigenvalue weighted by molar-refractivity contribution is 0.0783. The van der Waals surface area contributed by atoms with Crippen LogP contribution in [0.1, 0.15) is 46.2 Å². The van der Waals surface area contributed by atoms with Gasteiger partial charge in [-0.1, -0.05) is 66.7 Å². The third kappa shape index (κ3) is 4.51. The SMILES string of the molecule is O=C(c1cccc2[nH]ccc12)N1CC(CN2CCC(c3ccccc3)CC2)C(c2ccccc2)C1. The zero-order valence-electron chi connectivity index (χ0n) is 20.1. The summed E-state index contributed by atoms with van der Waals surface area (Å²) in [5.41, 5.74) is 4.66. The Morgan fingerprint density at radius 1 is 0.800 bits per heavy atom. The number of benzene rings is 3. The summed E-state index contributed by atoms with van der Waals surface area (Å²) in [5.74, 6) is 1.64. The molecule has 4 aromatic rings. The van der Waals surface area contributed by atoms with Crippen LogP contribution in [-0.4, -0.2) is 53.4 Å². The van der Waals surface area contributed by atoms with Crippen LogP contribution in [0, 0.1) is 5.92 Å². The molecule has 1 N–H and O–H groups in total. The Labute approximate surface area is 207 Å². The van der Waals surface area contributed by atoms with Gasteiger partial charge in [0.25, 0.3) is 5.91 Å². The van der Waals surface area contributed by atoms with Gasteiger partial charge in [-0.25, -0.2) is 0 Å². The molecule has 6 rings (SSSR count). The minimum Gasteiger partial charge on any atom is -0.361 e. The smallest absolute Gasteiger partial charge is 0.254 e. The highest BCUT2D eigenvalue weighted by atomic mass is 16.2. The first kappa shape index (κ1) is 22.1. The Kier molecular flexibility index (Phi) is 6.13. The topological polar surface area (TPSA) is 39.3 Å². The number of piperidine rings is 1. The number of nitrogens with one attached hydrogen (secondary N) is 1. The monoisotopic (exact) mass is 463 g/mol. The second kappa shape index (κ2) is 9.71. The molecular formula is C31H33N3O. The summed E-state index contributed by atoms with van der Waals surface area (Å²) < 4.78 is 0. The zero-order chi connectivity index (χ0) is 23.6. The highest BCUT2D eigenvalue weighted by Crippen LogP contribution is 2.36. The molecule has 178 valence electrons. The van der Waals surface area contributed by atoms with E-state index in [1.165, 1.54) is 24.0 Å². The van der Waals surface area contributed by atoms with Crippen LogP contribution in [0.25, 0.3) is 10.9 Å². The lowest BCUT2D eigenvalue weighted by Gasteiger charge is -2.34. The van der Waals surface area contributed by atoms with Crippen molar-refractivity contribution in [3.63, 3.8) is 0 Å². The van der Waals surface area contributed by atoms with Gasteiger partial charge in [0, 0.05) is 48.2 Å². The standard InChI is InChI=1S/C31H33N3O/c35-31(28-12-7-13-30-27(28)14-17-32-30)34-21-26(29(22-34)25-10-5-2-6-11-25)20-33-18-15-24(16-19-33)23-8-3-1-4-9-23/h1-14,17,24,26,29,32H,15-16,18-22H2. The number of hydrogen-bond donors (Lipinski definition) is 1. The van der Waals surface area contributed by atoms with E-state index in [1.54, 1.807) is 0 Å². The molecule has 0 aliphatic carbocycles. The van der Waals surface area contributed by atoms with E-state index in [-0.39, 0.29) is 5.91 Å². The van der Waals surface area contributed by atoms with Crippen LogP contribution >= 0.6 is 0 Å². The predicted molar refractivity (Wildman–Crippen MR) is 142 cm³/mol. The first-order valence-electron chi connectivity index (χ1n) is 12.9. The van der Waals surface area contributed by atoms with Crippen LogP contribution in [0.5, 0.6) is 0 Å². The summed E-state index contributed by atoms with van der Waals surface area (Å²) in [6.07, 6.45) is 4.34. The quantitative estimate of drug-likeness (QED) is 0.400. The number of carbonyl (C=O) groups excluding carboxylic acids is 1. The molecule has 4 heteroatoms. The molecule has 0 bridgehead atoms. The third-order valence-corrected chi connectivity index (χ3v) is 8.13. The van der Waals surface area contributed by atoms with Crippen LogP contribution in [-0.2, 0) is 0 Å². The second-order valence-electron chi connectivity index (χ2n) is 10.2. The molecule has 2 aliphatic heterocycles. The molecule has 2 aliphatic rings. The van der Waals surface area contributed by atoms with Gasteiger partial charge in [-0.3, -0.25) is 4.79 Å². The molecule has 0 saturated carbocycles. The maximum Gasteiger partial charge on any atom is 0.254 e. The normalized spacial score (nSPS) is 21.5. The maximum absolute atomic E-state index is 13.7. The van der Waals surface area contributed by atoms with E-state index in [0.29, 0.717) is 17.8 Å². The second-order valence-corrected chi connectivity index (χ2v) is 10.2. The number of H-pyrrole nitrogens is 1. The highest BCUT2D eigenvalue weighted by Gasteiger charge is 2.38. The minimum atomic E-state index is 0.154. The van der Waals surface area contributed by atoms with Crippen molar-refractivity contribution in [2.45, 2.75) is 24.7 Å². The number of aromatic amines is 1. The molecule has 2 unspecified atom stereocenters. The molecule has 0 spiro atoms. The molecule has 3 aromatic carbocycles. The number of aromatic nitrogens is 1. The number of amides is 1. The number of fused-ring (bicyclic) bond motifs is 1. The van der Waals surface area contributed by atoms with E-state index in [0.717, 1.165) is 49.2 Å². The highest BCUT2D eigenvalue weighted by molar-refractivity contribution is 6.06. The maximum atomic E-state index is 13.7. The lowest BCUT2D eigenvalue weighted by atomic mass is 9.86. The number of nitrogens with zero attached hydrogens (tertiary/aromatic N) is 2. The fourth-order valence-electron chi connectivity index (χ4n) is 6.25. The Morgan fingerprint density at radius 2 is 1.51 bits per heavy atom. The first-order valence-corrected chi connectivity index (χ1v) is 12.9. The summed E-state index contributed by atoms with van der Waals surface area (Å²) in [7, 11) is 0. The summed E-state index contributed by atoms with van der Waals surface area (Å²) in [4.78, 5) is 21.7. The predicted octanol–water partition coefficient (Wildman–Crippen LogP) is 5.90. The summed E-state index contributed by atoms with van der Waals surface area (Å²) >= 11 is 0. The largest absolute Gasteiger partial charge is 0.361 e. The van der Waals surface area contributed by atoms with Crippen molar-refractivity contribution >= 4 is 16.8 Å². The number of carbonyl (C=O) groups is 1. The Bertz CT molecular complexity index is 1270. The van der Waals surface area contributed by atoms with Gasteiger partial charge in [-0.15, -0.1) is 0 Å². The molecule has 2 atom stereocenters. The molecule has 1 amide bonds. The van der Waals surface area contributed by atoms with Crippen LogP contribution in [0.4, 0.5) is 0 Å². The van der Waals surface area contributed by atoms with Crippen LogP contribution in [0.2, 0.25) is 0 Å². The molecule has 4 nitrogen and oxygen atoms in total. The van der Waals surface area contributed by atoms with Gasteiger partial charge in [0.2, 0.25) is 0 Å². The van der Waals surface area contributed by atoms with Crippen LogP contribution in [0.15, 0.2) is 91.1 Å². The Hall–Kier alpha value is -3.37. The number of hydrogen-bond acceptors (Lipinski definition) is 2. The van der Waals surface area contributed by atoms with Crippen molar-refractivity contribution < 1.29 is 4.79 Å². The minimum absolute atomic E-state index is 0.154. The van der Waals surface area contributed by atoms with Gasteiger partial charge in [0.15, 0.2) is 0 Å². The molecule has 2 saturated heterocycles. The number of rotatable bonds is 5. The van der Waals surface area contributed by atoms with Gasteiger partial charge in [-0.2, -0.15) is 0 Å². The Morgan fingerprint density at radius 3 is 2.26 bits per heavy atom. The van der Waals surface area contributed by atoms with Crippen molar-refractivity contribution in [2.24, 2.45) is 5.92 Å². The summed E-state index contributed by atoms with van der Waals surface area (Å²) in [5, 5.41) is 1.01. The van der Waals surface area contributed by atoms with Crippen molar-refractivity contribution in [1.82, 2.24) is 14.8 Å². The van der Waals surface area contributed by atoms with Gasteiger partial charge >= 0.3 is 0 Å². The van der Waals surface area contributed by atoms with E-state index < -0.39 is 0 Å². The van der Waals surface area contributed by atoms with Crippen molar-refractivity contribution in [3.05, 3.63) is 108 Å². The van der Waals surface area contributed by atoms with Crippen LogP contribution < -0.4 is 0 Å². The van der Waals surface area contributed by atoms with E-state index in [2.05, 4.69) is 75.4 Å². The first-order chi connectivity index (χ1) is 17.3. The lowest BCUT2D eigenvalue weighted by Crippen LogP contribution is -2.38. The zero-order valence-corrected chi connectivity index (χ0v) is 20.1. The average molecular weight is 464 g/mol. The molecule has 1 aromatic heterocycles. The van der Waals surface area contributed by atoms with Crippen molar-refractivity contribution in [1.29, 1.82) is 0 Å². The van der Waals surface area contributed by atoms with E-state index in [1.807, 2.05) is 30.5 Å². The van der Waals surface area contributed by atoms with Crippen LogP contribution in [0.3, 0.4) is 0 Å². The number of likely N-dealkylation sites (tertiary alicyclic amines) is 2.